The summed E-state index contributed by atoms with van der Waals surface area (Å²) >= 11 is 0. The van der Waals surface area contributed by atoms with Crippen molar-refractivity contribution in [1.82, 2.24) is 25.2 Å². The van der Waals surface area contributed by atoms with E-state index >= 15 is 0 Å². The molecule has 7 nitrogen and oxygen atoms in total. The zero-order valence-electron chi connectivity index (χ0n) is 13.1. The predicted octanol–water partition coefficient (Wildman–Crippen LogP) is 2.63. The molecule has 0 radical (unpaired) electrons. The predicted molar refractivity (Wildman–Crippen MR) is 84.7 cm³/mol. The summed E-state index contributed by atoms with van der Waals surface area (Å²) in [6.07, 6.45) is 2.27. The van der Waals surface area contributed by atoms with Crippen molar-refractivity contribution in [3.8, 4) is 11.5 Å². The molecule has 7 heteroatoms. The third-order valence-corrected chi connectivity index (χ3v) is 4.14. The summed E-state index contributed by atoms with van der Waals surface area (Å²) in [5.41, 5.74) is 2.30. The average molecular weight is 321 g/mol. The van der Waals surface area contributed by atoms with Gasteiger partial charge < -0.3 is 9.42 Å². The van der Waals surface area contributed by atoms with E-state index in [0.717, 1.165) is 11.1 Å². The maximum atomic E-state index is 12.7. The fourth-order valence-electron chi connectivity index (χ4n) is 2.95. The van der Waals surface area contributed by atoms with E-state index in [9.17, 15) is 4.79 Å². The smallest absolute Gasteiger partial charge is 0.255 e. The average Bonchev–Trinajstić information content (AvgIpc) is 3.23. The lowest BCUT2D eigenvalue weighted by molar-refractivity contribution is 0.0658. The van der Waals surface area contributed by atoms with Crippen LogP contribution in [0.2, 0.25) is 0 Å². The number of hydrogen-bond donors (Lipinski definition) is 0. The topological polar surface area (TPSA) is 85.0 Å². The van der Waals surface area contributed by atoms with Crippen LogP contribution in [0.3, 0.4) is 0 Å². The van der Waals surface area contributed by atoms with E-state index < -0.39 is 0 Å². The lowest BCUT2D eigenvalue weighted by Gasteiger charge is -2.23. The summed E-state index contributed by atoms with van der Waals surface area (Å²) in [6.45, 7) is 2.55. The van der Waals surface area contributed by atoms with Gasteiger partial charge in [-0.2, -0.15) is 10.1 Å². The van der Waals surface area contributed by atoms with Crippen molar-refractivity contribution in [1.29, 1.82) is 0 Å². The van der Waals surface area contributed by atoms with Crippen molar-refractivity contribution in [2.45, 2.75) is 25.9 Å². The maximum Gasteiger partial charge on any atom is 0.255 e. The second-order valence-electron chi connectivity index (χ2n) is 5.58. The minimum absolute atomic E-state index is 0.00305. The summed E-state index contributed by atoms with van der Waals surface area (Å²) in [7, 11) is 0. The van der Waals surface area contributed by atoms with Crippen LogP contribution in [0.15, 0.2) is 47.1 Å². The molecule has 4 rings (SSSR count). The second kappa shape index (κ2) is 5.84. The number of benzene rings is 1. The Kier molecular flexibility index (Phi) is 3.53. The first-order valence-electron chi connectivity index (χ1n) is 7.78. The van der Waals surface area contributed by atoms with Crippen LogP contribution in [0, 0.1) is 0 Å². The fraction of sp³-hybridized carbons (Fsp3) is 0.235. The van der Waals surface area contributed by atoms with E-state index in [0.29, 0.717) is 30.4 Å². The van der Waals surface area contributed by atoms with Crippen LogP contribution in [-0.2, 0) is 6.54 Å². The number of fused-ring (bicyclic) bond motifs is 1. The largest absolute Gasteiger partial charge is 0.337 e. The molecule has 1 atom stereocenters. The highest BCUT2D eigenvalue weighted by Crippen LogP contribution is 2.33. The molecule has 0 saturated heterocycles. The number of hydrogen-bond acceptors (Lipinski definition) is 6. The fourth-order valence-corrected chi connectivity index (χ4v) is 2.95. The SMILES string of the molecule is CCC(c1nc(-c2cccnn2)no1)N1Cc2ccccc2C1=O. The first kappa shape index (κ1) is 14.5. The maximum absolute atomic E-state index is 12.7. The van der Waals surface area contributed by atoms with Gasteiger partial charge in [0.15, 0.2) is 0 Å². The highest BCUT2D eigenvalue weighted by atomic mass is 16.5. The minimum Gasteiger partial charge on any atom is -0.337 e. The van der Waals surface area contributed by atoms with Crippen molar-refractivity contribution in [3.05, 3.63) is 59.6 Å². The Hall–Kier alpha value is -3.09. The lowest BCUT2D eigenvalue weighted by Crippen LogP contribution is -2.29. The molecule has 1 unspecified atom stereocenters. The molecule has 0 saturated carbocycles. The van der Waals surface area contributed by atoms with Crippen LogP contribution in [0.25, 0.3) is 11.5 Å². The van der Waals surface area contributed by atoms with Crippen molar-refractivity contribution in [2.24, 2.45) is 0 Å². The third kappa shape index (κ3) is 2.34. The van der Waals surface area contributed by atoms with Crippen molar-refractivity contribution < 1.29 is 9.32 Å². The van der Waals surface area contributed by atoms with Crippen molar-refractivity contribution in [2.75, 3.05) is 0 Å². The molecule has 1 aromatic carbocycles. The van der Waals surface area contributed by atoms with Crippen molar-refractivity contribution >= 4 is 5.91 Å². The zero-order valence-corrected chi connectivity index (χ0v) is 13.1. The van der Waals surface area contributed by atoms with Crippen molar-refractivity contribution in [3.63, 3.8) is 0 Å². The van der Waals surface area contributed by atoms with Gasteiger partial charge in [0.2, 0.25) is 11.7 Å². The zero-order chi connectivity index (χ0) is 16.5. The van der Waals surface area contributed by atoms with E-state index in [-0.39, 0.29) is 11.9 Å². The Morgan fingerprint density at radius 1 is 1.25 bits per heavy atom. The van der Waals surface area contributed by atoms with E-state index in [4.69, 9.17) is 4.52 Å². The first-order valence-corrected chi connectivity index (χ1v) is 7.78. The van der Waals surface area contributed by atoms with Gasteiger partial charge in [0, 0.05) is 18.3 Å². The van der Waals surface area contributed by atoms with Gasteiger partial charge in [0.25, 0.3) is 5.91 Å². The Labute approximate surface area is 138 Å². The second-order valence-corrected chi connectivity index (χ2v) is 5.58. The molecule has 3 aromatic rings. The highest BCUT2D eigenvalue weighted by molar-refractivity contribution is 5.98. The minimum atomic E-state index is -0.261. The Balaban J connectivity index is 1.64. The number of carbonyl (C=O) groups excluding carboxylic acids is 1. The Bertz CT molecular complexity index is 877. The molecule has 0 aliphatic carbocycles. The standard InChI is InChI=1S/C17H15N5O2/c1-2-14(22-10-11-6-3-4-7-12(11)17(22)23)16-19-15(21-24-16)13-8-5-9-18-20-13/h3-9,14H,2,10H2,1H3. The van der Waals surface area contributed by atoms with Gasteiger partial charge >= 0.3 is 0 Å². The van der Waals surface area contributed by atoms with E-state index in [1.807, 2.05) is 31.2 Å². The van der Waals surface area contributed by atoms with Gasteiger partial charge in [-0.1, -0.05) is 30.3 Å². The van der Waals surface area contributed by atoms with E-state index in [2.05, 4.69) is 20.3 Å². The summed E-state index contributed by atoms with van der Waals surface area (Å²) in [4.78, 5) is 18.9. The number of carbonyl (C=O) groups is 1. The van der Waals surface area contributed by atoms with E-state index in [1.165, 1.54) is 0 Å². The molecule has 1 amide bonds. The molecule has 120 valence electrons. The lowest BCUT2D eigenvalue weighted by atomic mass is 10.1. The molecule has 2 aromatic heterocycles. The molecule has 0 N–H and O–H groups in total. The van der Waals surface area contributed by atoms with Crippen LogP contribution in [-0.4, -0.2) is 31.1 Å². The number of amides is 1. The Morgan fingerprint density at radius 2 is 2.12 bits per heavy atom. The van der Waals surface area contributed by atoms with Gasteiger partial charge in [0.1, 0.15) is 11.7 Å². The molecule has 0 spiro atoms. The van der Waals surface area contributed by atoms with Gasteiger partial charge in [-0.3, -0.25) is 4.79 Å². The van der Waals surface area contributed by atoms with Crippen LogP contribution < -0.4 is 0 Å². The molecule has 0 fully saturated rings. The molecule has 1 aliphatic heterocycles. The summed E-state index contributed by atoms with van der Waals surface area (Å²) in [5, 5.41) is 11.8. The number of aromatic nitrogens is 4. The van der Waals surface area contributed by atoms with Crippen LogP contribution in [0.5, 0.6) is 0 Å². The molecular formula is C17H15N5O2. The summed E-state index contributed by atoms with van der Waals surface area (Å²) < 4.78 is 5.41. The number of nitrogens with zero attached hydrogens (tertiary/aromatic N) is 5. The van der Waals surface area contributed by atoms with Gasteiger partial charge in [-0.25, -0.2) is 0 Å². The van der Waals surface area contributed by atoms with Crippen LogP contribution in [0.4, 0.5) is 0 Å². The number of rotatable bonds is 4. The normalized spacial score (nSPS) is 14.7. The molecule has 24 heavy (non-hydrogen) atoms. The van der Waals surface area contributed by atoms with Gasteiger partial charge in [-0.15, -0.1) is 5.10 Å². The molecule has 1 aliphatic rings. The van der Waals surface area contributed by atoms with Gasteiger partial charge in [0.05, 0.1) is 0 Å². The summed E-state index contributed by atoms with van der Waals surface area (Å²) in [6, 6.07) is 10.9. The highest BCUT2D eigenvalue weighted by Gasteiger charge is 2.35. The first-order chi connectivity index (χ1) is 11.8. The molecular weight excluding hydrogens is 306 g/mol. The monoisotopic (exact) mass is 321 g/mol. The Morgan fingerprint density at radius 3 is 2.88 bits per heavy atom. The summed E-state index contributed by atoms with van der Waals surface area (Å²) in [5.74, 6) is 0.789. The van der Waals surface area contributed by atoms with Crippen LogP contribution in [0.1, 0.15) is 41.2 Å². The molecule has 3 heterocycles. The quantitative estimate of drug-likeness (QED) is 0.734. The molecule has 0 bridgehead atoms. The third-order valence-electron chi connectivity index (χ3n) is 4.14. The van der Waals surface area contributed by atoms with Gasteiger partial charge in [-0.05, 0) is 30.2 Å². The van der Waals surface area contributed by atoms with E-state index in [1.54, 1.807) is 23.2 Å². The van der Waals surface area contributed by atoms with Crippen LogP contribution >= 0.6 is 0 Å².